The molecule has 63 heavy (non-hydrogen) atoms. The first-order valence-corrected chi connectivity index (χ1v) is 23.3. The van der Waals surface area contributed by atoms with Gasteiger partial charge in [-0.1, -0.05) is 120 Å². The third kappa shape index (κ3) is 5.72. The maximum absolute atomic E-state index is 14.0. The van der Waals surface area contributed by atoms with E-state index in [0.29, 0.717) is 10.8 Å². The average Bonchev–Trinajstić information content (AvgIpc) is 3.34. The largest absolute Gasteiger partial charge is 0.308 e. The van der Waals surface area contributed by atoms with E-state index >= 15 is 0 Å². The summed E-state index contributed by atoms with van der Waals surface area (Å²) in [6.45, 7) is 0. The van der Waals surface area contributed by atoms with Crippen LogP contribution in [0.3, 0.4) is 0 Å². The lowest BCUT2D eigenvalue weighted by molar-refractivity contribution is 1.10. The summed E-state index contributed by atoms with van der Waals surface area (Å²) in [5.41, 5.74) is 12.8. The van der Waals surface area contributed by atoms with Crippen LogP contribution in [0.2, 0.25) is 0 Å². The highest BCUT2D eigenvalue weighted by Gasteiger charge is 2.32. The second-order valence-electron chi connectivity index (χ2n) is 15.7. The van der Waals surface area contributed by atoms with E-state index in [9.17, 15) is 4.79 Å². The first kappa shape index (κ1) is 36.5. The molecule has 0 radical (unpaired) electrons. The molecule has 0 unspecified atom stereocenters. The van der Waals surface area contributed by atoms with Crippen molar-refractivity contribution in [2.24, 2.45) is 0 Å². The molecule has 0 atom stereocenters. The Kier molecular flexibility index (Phi) is 8.41. The van der Waals surface area contributed by atoms with Crippen LogP contribution in [0.4, 0.5) is 51.2 Å². The second-order valence-corrected chi connectivity index (χ2v) is 18.9. The fourth-order valence-electron chi connectivity index (χ4n) is 9.39. The van der Waals surface area contributed by atoms with Gasteiger partial charge in [0, 0.05) is 51.5 Å². The van der Waals surface area contributed by atoms with Crippen LogP contribution in [0.5, 0.6) is 0 Å². The van der Waals surface area contributed by atoms with E-state index < -0.39 is 0 Å². The Hall–Kier alpha value is -7.10. The molecule has 0 bridgehead atoms. The first-order chi connectivity index (χ1) is 31.2. The SMILES string of the molecule is O=c1c2ccccc2n(-c2ccccc2N2c3ccc(N4c5ccccc5Sc5ccccc54)cc3Sc3cc(N4c5ccccc5Sc5ccccc54)ccc32)c2ccccc12. The van der Waals surface area contributed by atoms with Crippen molar-refractivity contribution in [2.45, 2.75) is 29.4 Å². The monoisotopic (exact) mass is 862 g/mol. The Morgan fingerprint density at radius 2 is 0.619 bits per heavy atom. The van der Waals surface area contributed by atoms with Crippen LogP contribution in [-0.4, -0.2) is 4.57 Å². The maximum atomic E-state index is 14.0. The Morgan fingerprint density at radius 1 is 0.286 bits per heavy atom. The van der Waals surface area contributed by atoms with Gasteiger partial charge in [0.1, 0.15) is 0 Å². The lowest BCUT2D eigenvalue weighted by atomic mass is 10.1. The molecule has 0 saturated heterocycles. The van der Waals surface area contributed by atoms with Crippen molar-refractivity contribution in [3.63, 3.8) is 0 Å². The molecule has 3 aliphatic rings. The summed E-state index contributed by atoms with van der Waals surface area (Å²) in [6.07, 6.45) is 0. The van der Waals surface area contributed by atoms with Crippen LogP contribution in [0.25, 0.3) is 27.5 Å². The fraction of sp³-hybridized carbons (Fsp3) is 0. The van der Waals surface area contributed by atoms with Gasteiger partial charge in [0.05, 0.1) is 56.5 Å². The maximum Gasteiger partial charge on any atom is 0.197 e. The van der Waals surface area contributed by atoms with Crippen LogP contribution in [0.1, 0.15) is 0 Å². The minimum atomic E-state index is 0.0403. The van der Waals surface area contributed by atoms with Gasteiger partial charge in [-0.25, -0.2) is 0 Å². The van der Waals surface area contributed by atoms with Crippen LogP contribution in [-0.2, 0) is 0 Å². The van der Waals surface area contributed by atoms with E-state index in [1.165, 1.54) is 42.3 Å². The molecule has 5 nitrogen and oxygen atoms in total. The molecular formula is C55H34N4OS3. The van der Waals surface area contributed by atoms with Crippen molar-refractivity contribution in [1.82, 2.24) is 4.57 Å². The van der Waals surface area contributed by atoms with Crippen LogP contribution in [0.15, 0.2) is 240 Å². The first-order valence-electron chi connectivity index (χ1n) is 20.9. The van der Waals surface area contributed by atoms with Gasteiger partial charge in [-0.2, -0.15) is 0 Å². The number of hydrogen-bond donors (Lipinski definition) is 0. The number of para-hydroxylation sites is 8. The topological polar surface area (TPSA) is 31.7 Å². The van der Waals surface area contributed by atoms with E-state index in [0.717, 1.165) is 54.9 Å². The molecule has 0 fully saturated rings. The Morgan fingerprint density at radius 3 is 1.06 bits per heavy atom. The minimum absolute atomic E-state index is 0.0403. The third-order valence-electron chi connectivity index (χ3n) is 12.1. The van der Waals surface area contributed by atoms with Gasteiger partial charge in [0.2, 0.25) is 0 Å². The molecule has 0 N–H and O–H groups in total. The molecule has 298 valence electrons. The fourth-order valence-corrected chi connectivity index (χ4v) is 12.6. The number of aromatic nitrogens is 1. The zero-order chi connectivity index (χ0) is 41.6. The highest BCUT2D eigenvalue weighted by Crippen LogP contribution is 2.58. The molecule has 10 aromatic rings. The zero-order valence-corrected chi connectivity index (χ0v) is 36.0. The molecule has 3 aliphatic heterocycles. The van der Waals surface area contributed by atoms with Crippen LogP contribution >= 0.6 is 35.3 Å². The predicted molar refractivity (Wildman–Crippen MR) is 263 cm³/mol. The number of pyridine rings is 1. The summed E-state index contributed by atoms with van der Waals surface area (Å²) in [7, 11) is 0. The summed E-state index contributed by atoms with van der Waals surface area (Å²) < 4.78 is 2.27. The van der Waals surface area contributed by atoms with Gasteiger partial charge in [-0.05, 0) is 121 Å². The Bertz CT molecular complexity index is 3290. The van der Waals surface area contributed by atoms with Crippen molar-refractivity contribution in [1.29, 1.82) is 0 Å². The molecular weight excluding hydrogens is 829 g/mol. The van der Waals surface area contributed by atoms with Gasteiger partial charge >= 0.3 is 0 Å². The highest BCUT2D eigenvalue weighted by molar-refractivity contribution is 8.00. The zero-order valence-electron chi connectivity index (χ0n) is 33.6. The quantitative estimate of drug-likeness (QED) is 0.163. The normalized spacial score (nSPS) is 13.5. The summed E-state index contributed by atoms with van der Waals surface area (Å²) >= 11 is 5.46. The van der Waals surface area contributed by atoms with Gasteiger partial charge in [0.25, 0.3) is 0 Å². The van der Waals surface area contributed by atoms with E-state index in [-0.39, 0.29) is 5.43 Å². The number of nitrogens with zero attached hydrogens (tertiary/aromatic N) is 4. The predicted octanol–water partition coefficient (Wildman–Crippen LogP) is 15.9. The number of rotatable bonds is 4. The third-order valence-corrected chi connectivity index (χ3v) is 15.5. The highest BCUT2D eigenvalue weighted by atomic mass is 32.2. The van der Waals surface area contributed by atoms with Crippen molar-refractivity contribution >= 4 is 108 Å². The summed E-state index contributed by atoms with van der Waals surface area (Å²) in [6, 6.07) is 73.1. The Balaban J connectivity index is 1.05. The van der Waals surface area contributed by atoms with E-state index in [1.54, 1.807) is 0 Å². The van der Waals surface area contributed by atoms with Gasteiger partial charge in [-0.3, -0.25) is 4.79 Å². The summed E-state index contributed by atoms with van der Waals surface area (Å²) in [4.78, 5) is 28.4. The molecule has 4 heterocycles. The molecule has 13 rings (SSSR count). The van der Waals surface area contributed by atoms with Crippen molar-refractivity contribution in [3.05, 3.63) is 216 Å². The number of anilines is 9. The number of hydrogen-bond acceptors (Lipinski definition) is 7. The summed E-state index contributed by atoms with van der Waals surface area (Å²) in [5.74, 6) is 0. The van der Waals surface area contributed by atoms with Crippen molar-refractivity contribution in [3.8, 4) is 5.69 Å². The van der Waals surface area contributed by atoms with Crippen molar-refractivity contribution in [2.75, 3.05) is 14.7 Å². The molecule has 8 heteroatoms. The summed E-state index contributed by atoms with van der Waals surface area (Å²) in [5, 5.41) is 1.38. The average molecular weight is 863 g/mol. The van der Waals surface area contributed by atoms with E-state index in [1.807, 2.05) is 71.7 Å². The van der Waals surface area contributed by atoms with Gasteiger partial charge < -0.3 is 19.3 Å². The smallest absolute Gasteiger partial charge is 0.197 e. The Labute approximate surface area is 376 Å². The van der Waals surface area contributed by atoms with Crippen LogP contribution in [0, 0.1) is 0 Å². The second kappa shape index (κ2) is 14.5. The minimum Gasteiger partial charge on any atom is -0.308 e. The molecule has 0 saturated carbocycles. The van der Waals surface area contributed by atoms with Crippen molar-refractivity contribution < 1.29 is 0 Å². The molecule has 9 aromatic carbocycles. The van der Waals surface area contributed by atoms with Gasteiger partial charge in [-0.15, -0.1) is 0 Å². The molecule has 0 spiro atoms. The van der Waals surface area contributed by atoms with Crippen LogP contribution < -0.4 is 20.1 Å². The molecule has 1 aromatic heterocycles. The van der Waals surface area contributed by atoms with E-state index in [4.69, 9.17) is 0 Å². The number of fused-ring (bicyclic) bond motifs is 8. The standard InChI is InChI=1S/C55H34N4OS3/c60-55-37-15-1-3-17-39(37)58(40-18-4-2-16-38(40)55)41-19-5-6-20-42(41)59-47-31-29-35(56-43-21-7-11-25-49(43)61-50-26-12-8-22-44(50)56)33-53(47)63-54-34-36(30-32-48(54)59)57-45-23-9-13-27-51(45)62-52-28-14-10-24-46(52)57/h1-34H. The van der Waals surface area contributed by atoms with E-state index in [2.05, 4.69) is 189 Å². The lowest BCUT2D eigenvalue weighted by Crippen LogP contribution is -2.20. The molecule has 0 amide bonds. The van der Waals surface area contributed by atoms with Gasteiger partial charge in [0.15, 0.2) is 5.43 Å². The molecule has 0 aliphatic carbocycles. The number of benzene rings is 9. The lowest BCUT2D eigenvalue weighted by Gasteiger charge is -2.38.